The Labute approximate surface area is 189 Å². The van der Waals surface area contributed by atoms with Crippen molar-refractivity contribution in [2.45, 2.75) is 51.2 Å². The first-order chi connectivity index (χ1) is 15.4. The van der Waals surface area contributed by atoms with Crippen LogP contribution in [0.25, 0.3) is 10.9 Å². The number of ether oxygens (including phenoxy) is 2. The van der Waals surface area contributed by atoms with Gasteiger partial charge in [-0.3, -0.25) is 4.79 Å². The molecule has 0 aliphatic carbocycles. The third-order valence-electron chi connectivity index (χ3n) is 6.96. The molecule has 5 nitrogen and oxygen atoms in total. The molecule has 1 aromatic heterocycles. The minimum atomic E-state index is -0.483. The van der Waals surface area contributed by atoms with Crippen LogP contribution in [0.5, 0.6) is 11.5 Å². The molecule has 2 aliphatic heterocycles. The van der Waals surface area contributed by atoms with Gasteiger partial charge < -0.3 is 18.9 Å². The number of hydrogen-bond donors (Lipinski definition) is 0. The van der Waals surface area contributed by atoms with E-state index in [2.05, 4.69) is 46.0 Å². The van der Waals surface area contributed by atoms with Gasteiger partial charge in [0.25, 0.3) is 0 Å². The van der Waals surface area contributed by atoms with Crippen LogP contribution in [0.4, 0.5) is 0 Å². The van der Waals surface area contributed by atoms with Gasteiger partial charge >= 0.3 is 0 Å². The molecule has 0 unspecified atom stereocenters. The fraction of sp³-hybridized carbons (Fsp3) is 0.444. The van der Waals surface area contributed by atoms with Gasteiger partial charge in [-0.15, -0.1) is 0 Å². The molecule has 3 aromatic rings. The van der Waals surface area contributed by atoms with Crippen molar-refractivity contribution < 1.29 is 14.3 Å². The molecular formula is C27H32N2O3. The topological polar surface area (TPSA) is 43.7 Å². The zero-order valence-electron chi connectivity index (χ0n) is 19.3. The molecule has 1 saturated heterocycles. The fourth-order valence-electron chi connectivity index (χ4n) is 5.28. The lowest BCUT2D eigenvalue weighted by molar-refractivity contribution is 0.0610. The summed E-state index contributed by atoms with van der Waals surface area (Å²) in [7, 11) is 1.69. The molecule has 32 heavy (non-hydrogen) atoms. The summed E-state index contributed by atoms with van der Waals surface area (Å²) in [6, 6.07) is 15.2. The number of hydrogen-bond acceptors (Lipinski definition) is 4. The molecule has 0 atom stereocenters. The summed E-state index contributed by atoms with van der Waals surface area (Å²) in [5.41, 5.74) is 2.56. The quantitative estimate of drug-likeness (QED) is 0.551. The smallest absolute Gasteiger partial charge is 0.170 e. The number of nitrogens with zero attached hydrogens (tertiary/aromatic N) is 2. The summed E-state index contributed by atoms with van der Waals surface area (Å²) in [4.78, 5) is 15.2. The number of benzene rings is 2. The lowest BCUT2D eigenvalue weighted by atomic mass is 9.90. The van der Waals surface area contributed by atoms with Crippen molar-refractivity contribution in [3.8, 4) is 11.5 Å². The molecule has 0 radical (unpaired) electrons. The number of carbonyl (C=O) groups excluding carboxylic acids is 1. The maximum Gasteiger partial charge on any atom is 0.170 e. The van der Waals surface area contributed by atoms with Crippen LogP contribution in [-0.4, -0.2) is 47.6 Å². The van der Waals surface area contributed by atoms with E-state index < -0.39 is 5.60 Å². The third-order valence-corrected chi connectivity index (χ3v) is 6.96. The molecule has 0 amide bonds. The Balaban J connectivity index is 1.28. The van der Waals surface area contributed by atoms with Gasteiger partial charge in [0.15, 0.2) is 5.78 Å². The second kappa shape index (κ2) is 8.28. The van der Waals surface area contributed by atoms with Crippen LogP contribution in [-0.2, 0) is 6.42 Å². The summed E-state index contributed by atoms with van der Waals surface area (Å²) >= 11 is 0. The molecule has 1 fully saturated rings. The van der Waals surface area contributed by atoms with Gasteiger partial charge in [-0.05, 0) is 62.8 Å². The van der Waals surface area contributed by atoms with Crippen LogP contribution < -0.4 is 9.47 Å². The summed E-state index contributed by atoms with van der Waals surface area (Å²) < 4.78 is 14.4. The van der Waals surface area contributed by atoms with Crippen LogP contribution in [0, 0.1) is 0 Å². The summed E-state index contributed by atoms with van der Waals surface area (Å²) in [5, 5.41) is 1.31. The lowest BCUT2D eigenvalue weighted by Crippen LogP contribution is -2.37. The molecule has 2 aromatic carbocycles. The van der Waals surface area contributed by atoms with E-state index in [9.17, 15) is 4.79 Å². The van der Waals surface area contributed by atoms with Crippen molar-refractivity contribution in [1.29, 1.82) is 0 Å². The van der Waals surface area contributed by atoms with E-state index in [4.69, 9.17) is 9.47 Å². The Morgan fingerprint density at radius 2 is 1.88 bits per heavy atom. The molecule has 168 valence electrons. The van der Waals surface area contributed by atoms with E-state index in [0.717, 1.165) is 56.0 Å². The highest BCUT2D eigenvalue weighted by Crippen LogP contribution is 2.40. The Bertz CT molecular complexity index is 1140. The second-order valence-corrected chi connectivity index (χ2v) is 9.69. The monoisotopic (exact) mass is 432 g/mol. The van der Waals surface area contributed by atoms with Crippen LogP contribution in [0.3, 0.4) is 0 Å². The molecule has 5 heteroatoms. The first-order valence-electron chi connectivity index (χ1n) is 11.7. The van der Waals surface area contributed by atoms with Gasteiger partial charge in [0.2, 0.25) is 0 Å². The number of para-hydroxylation sites is 1. The maximum absolute atomic E-state index is 12.7. The van der Waals surface area contributed by atoms with Gasteiger partial charge in [-0.2, -0.15) is 0 Å². The Kier molecular flexibility index (Phi) is 5.46. The molecule has 5 rings (SSSR count). The van der Waals surface area contributed by atoms with Gasteiger partial charge in [-0.1, -0.05) is 18.2 Å². The first-order valence-corrected chi connectivity index (χ1v) is 11.7. The van der Waals surface area contributed by atoms with Crippen LogP contribution in [0.2, 0.25) is 0 Å². The van der Waals surface area contributed by atoms with Gasteiger partial charge in [-0.25, -0.2) is 0 Å². The largest absolute Gasteiger partial charge is 0.496 e. The number of piperidine rings is 1. The molecule has 3 heterocycles. The highest BCUT2D eigenvalue weighted by Gasteiger charge is 2.35. The molecule has 0 saturated carbocycles. The van der Waals surface area contributed by atoms with Gasteiger partial charge in [0.05, 0.1) is 19.1 Å². The zero-order valence-corrected chi connectivity index (χ0v) is 19.3. The summed E-state index contributed by atoms with van der Waals surface area (Å²) in [6.45, 7) is 7.03. The molecule has 0 bridgehead atoms. The molecule has 2 aliphatic rings. The van der Waals surface area contributed by atoms with E-state index in [1.54, 1.807) is 7.11 Å². The van der Waals surface area contributed by atoms with Gasteiger partial charge in [0, 0.05) is 43.0 Å². The maximum atomic E-state index is 12.7. The lowest BCUT2D eigenvalue weighted by Gasteiger charge is -2.35. The zero-order chi connectivity index (χ0) is 22.3. The first kappa shape index (κ1) is 21.1. The number of carbonyl (C=O) groups is 1. The average molecular weight is 433 g/mol. The van der Waals surface area contributed by atoms with Crippen molar-refractivity contribution >= 4 is 16.7 Å². The predicted molar refractivity (Wildman–Crippen MR) is 127 cm³/mol. The van der Waals surface area contributed by atoms with E-state index in [-0.39, 0.29) is 5.78 Å². The predicted octanol–water partition coefficient (Wildman–Crippen LogP) is 5.27. The molecular weight excluding hydrogens is 400 g/mol. The normalized spacial score (nSPS) is 19.0. The molecule has 0 spiro atoms. The second-order valence-electron chi connectivity index (χ2n) is 9.69. The number of methoxy groups -OCH3 is 1. The van der Waals surface area contributed by atoms with Crippen molar-refractivity contribution in [2.75, 3.05) is 26.7 Å². The summed E-state index contributed by atoms with van der Waals surface area (Å²) in [5.74, 6) is 1.68. The van der Waals surface area contributed by atoms with Crippen LogP contribution in [0.1, 0.15) is 55.1 Å². The van der Waals surface area contributed by atoms with Crippen LogP contribution in [0.15, 0.2) is 48.7 Å². The summed E-state index contributed by atoms with van der Waals surface area (Å²) in [6.07, 6.45) is 5.75. The highest BCUT2D eigenvalue weighted by molar-refractivity contribution is 6.01. The minimum Gasteiger partial charge on any atom is -0.496 e. The number of rotatable bonds is 5. The highest BCUT2D eigenvalue weighted by atomic mass is 16.5. The third kappa shape index (κ3) is 3.90. The minimum absolute atomic E-state index is 0.153. The number of likely N-dealkylation sites (tertiary alicyclic amines) is 1. The number of ketones is 1. The van der Waals surface area contributed by atoms with Crippen molar-refractivity contribution in [1.82, 2.24) is 9.47 Å². The Morgan fingerprint density at radius 3 is 2.66 bits per heavy atom. The number of aromatic nitrogens is 1. The van der Waals surface area contributed by atoms with E-state index in [0.29, 0.717) is 18.0 Å². The SMILES string of the molecule is COc1ccc2c(c1CCN1CCC(n3ccc4ccccc43)CC1)OC(C)(C)CC2=O. The van der Waals surface area contributed by atoms with E-state index in [1.807, 2.05) is 26.0 Å². The van der Waals surface area contributed by atoms with Gasteiger partial charge in [0.1, 0.15) is 17.1 Å². The number of Topliss-reactive ketones (excluding diaryl/α,β-unsaturated/α-hetero) is 1. The Hall–Kier alpha value is -2.79. The number of fused-ring (bicyclic) bond motifs is 2. The van der Waals surface area contributed by atoms with Crippen molar-refractivity contribution in [2.24, 2.45) is 0 Å². The van der Waals surface area contributed by atoms with Crippen LogP contribution >= 0.6 is 0 Å². The van der Waals surface area contributed by atoms with Crippen molar-refractivity contribution in [3.63, 3.8) is 0 Å². The Morgan fingerprint density at radius 1 is 1.09 bits per heavy atom. The van der Waals surface area contributed by atoms with E-state index in [1.165, 1.54) is 10.9 Å². The van der Waals surface area contributed by atoms with Crippen molar-refractivity contribution in [3.05, 3.63) is 59.8 Å². The molecule has 0 N–H and O–H groups in total. The fourth-order valence-corrected chi connectivity index (χ4v) is 5.28. The van der Waals surface area contributed by atoms with E-state index >= 15 is 0 Å². The average Bonchev–Trinajstić information content (AvgIpc) is 3.21. The standard InChI is InChI=1S/C27H32N2O3/c1-27(2)18-24(30)21-8-9-25(31-3)22(26(21)32-27)13-16-28-14-11-20(12-15-28)29-17-10-19-6-4-5-7-23(19)29/h4-10,17,20H,11-16,18H2,1-3H3.